The predicted octanol–water partition coefficient (Wildman–Crippen LogP) is 7.44. The monoisotopic (exact) mass is 504 g/mol. The molecule has 192 valence electrons. The van der Waals surface area contributed by atoms with Gasteiger partial charge < -0.3 is 14.5 Å². The predicted molar refractivity (Wildman–Crippen MR) is 155 cm³/mol. The van der Waals surface area contributed by atoms with E-state index in [1.807, 2.05) is 54.7 Å². The van der Waals surface area contributed by atoms with Crippen molar-refractivity contribution in [3.05, 3.63) is 107 Å². The lowest BCUT2D eigenvalue weighted by molar-refractivity contribution is 0.299. The molecule has 5 aromatic rings. The van der Waals surface area contributed by atoms with E-state index >= 15 is 0 Å². The molecule has 6 heteroatoms. The first-order valence-corrected chi connectivity index (χ1v) is 12.6. The minimum absolute atomic E-state index is 0.167. The second-order valence-corrected chi connectivity index (χ2v) is 10.1. The third-order valence-corrected chi connectivity index (χ3v) is 6.17. The van der Waals surface area contributed by atoms with Gasteiger partial charge in [0, 0.05) is 29.5 Å². The second-order valence-electron chi connectivity index (χ2n) is 10.1. The van der Waals surface area contributed by atoms with Crippen molar-refractivity contribution in [3.8, 4) is 11.5 Å². The summed E-state index contributed by atoms with van der Waals surface area (Å²) in [5.74, 6) is 1.46. The van der Waals surface area contributed by atoms with Crippen molar-refractivity contribution >= 4 is 35.2 Å². The van der Waals surface area contributed by atoms with Gasteiger partial charge in [-0.15, -0.1) is 0 Å². The Labute approximate surface area is 223 Å². The maximum atomic E-state index is 5.90. The Hall–Kier alpha value is -4.58. The number of rotatable bonds is 8. The number of aromatic amines is 1. The van der Waals surface area contributed by atoms with Crippen LogP contribution in [0.4, 0.5) is 0 Å². The van der Waals surface area contributed by atoms with Gasteiger partial charge in [0.25, 0.3) is 0 Å². The molecule has 0 radical (unpaired) electrons. The number of ether oxygens (including phenoxy) is 2. The van der Waals surface area contributed by atoms with Crippen molar-refractivity contribution in [1.29, 1.82) is 0 Å². The van der Waals surface area contributed by atoms with Crippen LogP contribution in [0.15, 0.2) is 79.1 Å². The first-order chi connectivity index (χ1) is 18.4. The van der Waals surface area contributed by atoms with Crippen molar-refractivity contribution in [2.24, 2.45) is 0 Å². The van der Waals surface area contributed by atoms with Gasteiger partial charge in [-0.2, -0.15) is 5.10 Å². The zero-order chi connectivity index (χ0) is 26.5. The first kappa shape index (κ1) is 25.1. The number of aromatic nitrogens is 4. The highest BCUT2D eigenvalue weighted by Crippen LogP contribution is 2.28. The highest BCUT2D eigenvalue weighted by atomic mass is 16.5. The number of pyridine rings is 1. The normalized spacial score (nSPS) is 12.1. The van der Waals surface area contributed by atoms with Gasteiger partial charge in [0.2, 0.25) is 0 Å². The molecular formula is C32H32N4O2. The summed E-state index contributed by atoms with van der Waals surface area (Å²) in [7, 11) is 1.66. The first-order valence-electron chi connectivity index (χ1n) is 12.6. The van der Waals surface area contributed by atoms with Gasteiger partial charge in [-0.05, 0) is 92.4 Å². The van der Waals surface area contributed by atoms with E-state index in [4.69, 9.17) is 14.6 Å². The van der Waals surface area contributed by atoms with Crippen molar-refractivity contribution in [2.75, 3.05) is 7.11 Å². The molecule has 0 saturated heterocycles. The lowest BCUT2D eigenvalue weighted by Crippen LogP contribution is -2.24. The maximum absolute atomic E-state index is 5.90. The molecule has 5 rings (SSSR count). The highest BCUT2D eigenvalue weighted by Gasteiger charge is 2.18. The molecule has 0 aliphatic rings. The summed E-state index contributed by atoms with van der Waals surface area (Å²) in [5, 5.41) is 6.09. The highest BCUT2D eigenvalue weighted by molar-refractivity contribution is 5.83. The number of nitrogens with one attached hydrogen (secondary N) is 1. The molecule has 3 heterocycles. The Morgan fingerprint density at radius 3 is 2.61 bits per heavy atom. The fourth-order valence-electron chi connectivity index (χ4n) is 4.24. The standard InChI is InChI=1S/C32H32N4O2/c1-32(2,3)36-28(14-9-23-8-10-24-16-18-34-30(24)19-23)20-26(35-36)13-11-25-12-15-29(21-31(25)37-4)38-22-27-7-5-6-17-33-27/h5-21,34H,22H2,1-4H3. The smallest absolute Gasteiger partial charge is 0.130 e. The Morgan fingerprint density at radius 1 is 0.921 bits per heavy atom. The van der Waals surface area contributed by atoms with Crippen molar-refractivity contribution in [2.45, 2.75) is 32.9 Å². The summed E-state index contributed by atoms with van der Waals surface area (Å²) in [4.78, 5) is 7.58. The molecule has 1 N–H and O–H groups in total. The fraction of sp³-hybridized carbons (Fsp3) is 0.188. The molecule has 2 aromatic carbocycles. The van der Waals surface area contributed by atoms with Crippen molar-refractivity contribution < 1.29 is 9.47 Å². The average Bonchev–Trinajstić information content (AvgIpc) is 3.57. The second kappa shape index (κ2) is 10.8. The molecule has 0 bridgehead atoms. The van der Waals surface area contributed by atoms with Gasteiger partial charge in [-0.25, -0.2) is 0 Å². The molecule has 38 heavy (non-hydrogen) atoms. The van der Waals surface area contributed by atoms with Gasteiger partial charge in [0.15, 0.2) is 0 Å². The number of hydrogen-bond acceptors (Lipinski definition) is 4. The van der Waals surface area contributed by atoms with Crippen LogP contribution in [0.5, 0.6) is 11.5 Å². The zero-order valence-electron chi connectivity index (χ0n) is 22.2. The summed E-state index contributed by atoms with van der Waals surface area (Å²) in [6.45, 7) is 6.87. The van der Waals surface area contributed by atoms with E-state index in [1.165, 1.54) is 5.39 Å². The minimum atomic E-state index is -0.167. The number of nitrogens with zero attached hydrogens (tertiary/aromatic N) is 3. The Balaban J connectivity index is 1.35. The van der Waals surface area contributed by atoms with Crippen LogP contribution in [0.25, 0.3) is 35.2 Å². The van der Waals surface area contributed by atoms with Crippen molar-refractivity contribution in [1.82, 2.24) is 19.7 Å². The van der Waals surface area contributed by atoms with E-state index in [-0.39, 0.29) is 5.54 Å². The van der Waals surface area contributed by atoms with E-state index in [0.29, 0.717) is 6.61 Å². The molecule has 0 atom stereocenters. The molecule has 0 fully saturated rings. The van der Waals surface area contributed by atoms with Crippen LogP contribution < -0.4 is 9.47 Å². The zero-order valence-corrected chi connectivity index (χ0v) is 22.2. The van der Waals surface area contributed by atoms with Crippen LogP contribution in [-0.2, 0) is 12.1 Å². The van der Waals surface area contributed by atoms with Crippen LogP contribution in [-0.4, -0.2) is 26.9 Å². The van der Waals surface area contributed by atoms with E-state index in [1.54, 1.807) is 13.3 Å². The van der Waals surface area contributed by atoms with Crippen LogP contribution in [0.3, 0.4) is 0 Å². The van der Waals surface area contributed by atoms with E-state index in [0.717, 1.165) is 45.2 Å². The topological polar surface area (TPSA) is 65.0 Å². The number of hydrogen-bond donors (Lipinski definition) is 1. The lowest BCUT2D eigenvalue weighted by Gasteiger charge is -2.21. The Morgan fingerprint density at radius 2 is 1.82 bits per heavy atom. The third-order valence-electron chi connectivity index (χ3n) is 6.17. The maximum Gasteiger partial charge on any atom is 0.130 e. The van der Waals surface area contributed by atoms with Gasteiger partial charge in [-0.3, -0.25) is 9.67 Å². The molecule has 0 unspecified atom stereocenters. The number of methoxy groups -OCH3 is 1. The largest absolute Gasteiger partial charge is 0.496 e. The average molecular weight is 505 g/mol. The summed E-state index contributed by atoms with van der Waals surface area (Å²) in [6, 6.07) is 22.2. The van der Waals surface area contributed by atoms with E-state index in [2.05, 4.69) is 77.9 Å². The molecule has 0 aliphatic carbocycles. The molecule has 0 amide bonds. The molecular weight excluding hydrogens is 472 g/mol. The summed E-state index contributed by atoms with van der Waals surface area (Å²) < 4.78 is 13.6. The Bertz CT molecular complexity index is 1590. The van der Waals surface area contributed by atoms with E-state index in [9.17, 15) is 0 Å². The van der Waals surface area contributed by atoms with Crippen LogP contribution in [0, 0.1) is 0 Å². The molecule has 0 spiro atoms. The van der Waals surface area contributed by atoms with Gasteiger partial charge in [-0.1, -0.05) is 24.3 Å². The minimum Gasteiger partial charge on any atom is -0.496 e. The van der Waals surface area contributed by atoms with Gasteiger partial charge >= 0.3 is 0 Å². The number of benzene rings is 2. The van der Waals surface area contributed by atoms with Crippen LogP contribution >= 0.6 is 0 Å². The van der Waals surface area contributed by atoms with Gasteiger partial charge in [0.1, 0.15) is 18.1 Å². The van der Waals surface area contributed by atoms with Crippen LogP contribution in [0.1, 0.15) is 49.0 Å². The summed E-state index contributed by atoms with van der Waals surface area (Å²) in [5.41, 5.74) is 5.82. The fourth-order valence-corrected chi connectivity index (χ4v) is 4.24. The van der Waals surface area contributed by atoms with Crippen molar-refractivity contribution in [3.63, 3.8) is 0 Å². The summed E-state index contributed by atoms with van der Waals surface area (Å²) in [6.07, 6.45) is 12.0. The summed E-state index contributed by atoms with van der Waals surface area (Å²) >= 11 is 0. The number of fused-ring (bicyclic) bond motifs is 1. The van der Waals surface area contributed by atoms with Crippen LogP contribution in [0.2, 0.25) is 0 Å². The Kier molecular flexibility index (Phi) is 7.13. The van der Waals surface area contributed by atoms with E-state index < -0.39 is 0 Å². The number of H-pyrrole nitrogens is 1. The quantitative estimate of drug-likeness (QED) is 0.238. The van der Waals surface area contributed by atoms with Gasteiger partial charge in [0.05, 0.1) is 29.7 Å². The third kappa shape index (κ3) is 5.86. The molecule has 3 aromatic heterocycles. The lowest BCUT2D eigenvalue weighted by atomic mass is 10.1. The molecule has 0 aliphatic heterocycles. The molecule has 6 nitrogen and oxygen atoms in total. The SMILES string of the molecule is COc1cc(OCc2ccccn2)ccc1C=Cc1cc(C=Cc2ccc3cc[nH]c3c2)n(C(C)(C)C)n1. The molecule has 0 saturated carbocycles.